The standard InChI is InChI=1S/C21H32OSi/c1-20(22,19-6-4-15(5-7-19)3-2-8-23)21-12-16-9-17(13-21)11-18(10-16)14-21/h4-7,16-18,22H,2-3,8-14H2,1,23H3. The highest BCUT2D eigenvalue weighted by atomic mass is 28.1. The molecule has 2 heteroatoms. The number of aliphatic hydroxyl groups is 1. The van der Waals surface area contributed by atoms with E-state index in [1.54, 1.807) is 0 Å². The number of hydrogen-bond acceptors (Lipinski definition) is 1. The highest BCUT2D eigenvalue weighted by Gasteiger charge is 2.58. The SMILES string of the molecule is CC(O)(c1ccc(CCC[SiH3])cc1)C12CC3CC(CC(C3)C1)C2. The van der Waals surface area contributed by atoms with Crippen molar-refractivity contribution in [1.29, 1.82) is 0 Å². The van der Waals surface area contributed by atoms with E-state index in [2.05, 4.69) is 31.2 Å². The van der Waals surface area contributed by atoms with E-state index in [1.165, 1.54) is 73.2 Å². The molecule has 1 atom stereocenters. The monoisotopic (exact) mass is 328 g/mol. The van der Waals surface area contributed by atoms with Crippen LogP contribution in [0, 0.1) is 23.2 Å². The van der Waals surface area contributed by atoms with Gasteiger partial charge in [-0.25, -0.2) is 0 Å². The van der Waals surface area contributed by atoms with Crippen LogP contribution in [0.1, 0.15) is 63.0 Å². The first-order chi connectivity index (χ1) is 11.0. The van der Waals surface area contributed by atoms with E-state index in [1.807, 2.05) is 0 Å². The minimum absolute atomic E-state index is 0.151. The first kappa shape index (κ1) is 15.9. The number of aryl methyl sites for hydroxylation is 1. The van der Waals surface area contributed by atoms with E-state index in [0.29, 0.717) is 0 Å². The lowest BCUT2D eigenvalue weighted by Gasteiger charge is -2.61. The number of hydrogen-bond donors (Lipinski definition) is 1. The lowest BCUT2D eigenvalue weighted by Crippen LogP contribution is -2.55. The summed E-state index contributed by atoms with van der Waals surface area (Å²) in [6, 6.07) is 10.4. The Balaban J connectivity index is 1.59. The molecule has 0 aliphatic heterocycles. The van der Waals surface area contributed by atoms with Crippen LogP contribution in [0.4, 0.5) is 0 Å². The zero-order chi connectivity index (χ0) is 16.1. The van der Waals surface area contributed by atoms with Crippen molar-refractivity contribution in [2.45, 2.75) is 69.9 Å². The van der Waals surface area contributed by atoms with Gasteiger partial charge in [-0.1, -0.05) is 36.7 Å². The molecule has 5 rings (SSSR count). The molecular formula is C21H32OSi. The summed E-state index contributed by atoms with van der Waals surface area (Å²) in [5.41, 5.74) is 2.09. The molecule has 0 saturated heterocycles. The minimum Gasteiger partial charge on any atom is -0.385 e. The third-order valence-corrected chi connectivity index (χ3v) is 8.11. The quantitative estimate of drug-likeness (QED) is 0.815. The largest absolute Gasteiger partial charge is 0.385 e. The fraction of sp³-hybridized carbons (Fsp3) is 0.714. The molecule has 126 valence electrons. The van der Waals surface area contributed by atoms with E-state index in [4.69, 9.17) is 0 Å². The fourth-order valence-electron chi connectivity index (χ4n) is 6.39. The van der Waals surface area contributed by atoms with Crippen molar-refractivity contribution in [3.63, 3.8) is 0 Å². The summed E-state index contributed by atoms with van der Waals surface area (Å²) in [5.74, 6) is 2.67. The van der Waals surface area contributed by atoms with Crippen molar-refractivity contribution >= 4 is 10.2 Å². The van der Waals surface area contributed by atoms with Crippen LogP contribution in [0.3, 0.4) is 0 Å². The zero-order valence-electron chi connectivity index (χ0n) is 14.9. The van der Waals surface area contributed by atoms with E-state index < -0.39 is 5.60 Å². The molecule has 4 saturated carbocycles. The summed E-state index contributed by atoms with van der Waals surface area (Å²) in [4.78, 5) is 0. The minimum atomic E-state index is -0.654. The Labute approximate surface area is 144 Å². The second kappa shape index (κ2) is 5.74. The molecule has 0 spiro atoms. The maximum atomic E-state index is 11.6. The number of rotatable bonds is 5. The molecule has 4 fully saturated rings. The average molecular weight is 329 g/mol. The topological polar surface area (TPSA) is 20.2 Å². The Bertz CT molecular complexity index is 524. The van der Waals surface area contributed by atoms with Gasteiger partial charge in [0, 0.05) is 15.7 Å². The second-order valence-electron chi connectivity index (χ2n) is 9.07. The van der Waals surface area contributed by atoms with Gasteiger partial charge in [-0.2, -0.15) is 0 Å². The highest BCUT2D eigenvalue weighted by molar-refractivity contribution is 6.08. The van der Waals surface area contributed by atoms with Gasteiger partial charge in [0.15, 0.2) is 0 Å². The van der Waals surface area contributed by atoms with Gasteiger partial charge < -0.3 is 5.11 Å². The first-order valence-corrected chi connectivity index (χ1v) is 11.3. The molecule has 23 heavy (non-hydrogen) atoms. The third-order valence-electron chi connectivity index (χ3n) is 7.41. The van der Waals surface area contributed by atoms with Crippen molar-refractivity contribution in [2.75, 3.05) is 0 Å². The Morgan fingerprint density at radius 3 is 2.04 bits per heavy atom. The molecule has 1 N–H and O–H groups in total. The van der Waals surface area contributed by atoms with Crippen molar-refractivity contribution in [2.24, 2.45) is 23.2 Å². The summed E-state index contributed by atoms with van der Waals surface area (Å²) < 4.78 is 0. The Kier molecular flexibility index (Phi) is 3.96. The predicted octanol–water partition coefficient (Wildman–Crippen LogP) is 3.83. The Hall–Kier alpha value is -0.603. The average Bonchev–Trinajstić information content (AvgIpc) is 2.52. The predicted molar refractivity (Wildman–Crippen MR) is 99.7 cm³/mol. The van der Waals surface area contributed by atoms with E-state index in [-0.39, 0.29) is 5.41 Å². The molecule has 0 radical (unpaired) electrons. The smallest absolute Gasteiger partial charge is 0.0924 e. The maximum Gasteiger partial charge on any atom is 0.0924 e. The fourth-order valence-corrected chi connectivity index (χ4v) is 6.74. The van der Waals surface area contributed by atoms with Crippen LogP contribution in [-0.2, 0) is 12.0 Å². The second-order valence-corrected chi connectivity index (χ2v) is 10.1. The van der Waals surface area contributed by atoms with Crippen LogP contribution in [-0.4, -0.2) is 15.3 Å². The van der Waals surface area contributed by atoms with Crippen LogP contribution in [0.2, 0.25) is 6.04 Å². The summed E-state index contributed by atoms with van der Waals surface area (Å²) in [5, 5.41) is 11.6. The van der Waals surface area contributed by atoms with Crippen LogP contribution in [0.15, 0.2) is 24.3 Å². The van der Waals surface area contributed by atoms with Gasteiger partial charge in [-0.05, 0) is 80.8 Å². The van der Waals surface area contributed by atoms with Gasteiger partial charge in [0.05, 0.1) is 5.60 Å². The summed E-state index contributed by atoms with van der Waals surface area (Å²) >= 11 is 0. The van der Waals surface area contributed by atoms with E-state index in [0.717, 1.165) is 23.3 Å². The van der Waals surface area contributed by atoms with Crippen LogP contribution >= 0.6 is 0 Å². The van der Waals surface area contributed by atoms with Gasteiger partial charge in [0.25, 0.3) is 0 Å². The normalized spacial score (nSPS) is 37.9. The number of benzene rings is 1. The molecule has 1 unspecified atom stereocenters. The molecule has 4 aliphatic rings. The van der Waals surface area contributed by atoms with Gasteiger partial charge in [0.1, 0.15) is 0 Å². The molecule has 0 heterocycles. The molecule has 4 bridgehead atoms. The Morgan fingerprint density at radius 1 is 1.04 bits per heavy atom. The zero-order valence-corrected chi connectivity index (χ0v) is 16.9. The molecule has 0 aromatic heterocycles. The van der Waals surface area contributed by atoms with Crippen molar-refractivity contribution < 1.29 is 5.11 Å². The van der Waals surface area contributed by atoms with Crippen LogP contribution in [0.25, 0.3) is 0 Å². The molecule has 4 aliphatic carbocycles. The van der Waals surface area contributed by atoms with Gasteiger partial charge in [-0.15, -0.1) is 0 Å². The molecule has 1 aromatic rings. The molecule has 0 amide bonds. The van der Waals surface area contributed by atoms with Crippen LogP contribution in [0.5, 0.6) is 0 Å². The maximum absolute atomic E-state index is 11.6. The lowest BCUT2D eigenvalue weighted by molar-refractivity contribution is -0.176. The van der Waals surface area contributed by atoms with Gasteiger partial charge in [0.2, 0.25) is 0 Å². The van der Waals surface area contributed by atoms with Gasteiger partial charge in [-0.3, -0.25) is 0 Å². The van der Waals surface area contributed by atoms with Crippen molar-refractivity contribution in [3.8, 4) is 0 Å². The van der Waals surface area contributed by atoms with E-state index in [9.17, 15) is 5.11 Å². The van der Waals surface area contributed by atoms with E-state index >= 15 is 0 Å². The molecule has 1 nitrogen and oxygen atoms in total. The summed E-state index contributed by atoms with van der Waals surface area (Å²) in [6.45, 7) is 2.12. The first-order valence-electron chi connectivity index (χ1n) is 9.84. The summed E-state index contributed by atoms with van der Waals surface area (Å²) in [6.07, 6.45) is 10.6. The van der Waals surface area contributed by atoms with Crippen molar-refractivity contribution in [3.05, 3.63) is 35.4 Å². The summed E-state index contributed by atoms with van der Waals surface area (Å²) in [7, 11) is 1.31. The molecule has 1 aromatic carbocycles. The lowest BCUT2D eigenvalue weighted by atomic mass is 9.45. The molecular weight excluding hydrogens is 296 g/mol. The van der Waals surface area contributed by atoms with Crippen molar-refractivity contribution in [1.82, 2.24) is 0 Å². The Morgan fingerprint density at radius 2 is 1.57 bits per heavy atom. The van der Waals surface area contributed by atoms with Gasteiger partial charge >= 0.3 is 0 Å². The third kappa shape index (κ3) is 2.62. The van der Waals surface area contributed by atoms with Crippen LogP contribution < -0.4 is 0 Å². The highest BCUT2D eigenvalue weighted by Crippen LogP contribution is 2.65.